The van der Waals surface area contributed by atoms with Crippen LogP contribution in [0.5, 0.6) is 11.5 Å². The highest BCUT2D eigenvalue weighted by Crippen LogP contribution is 2.30. The first kappa shape index (κ1) is 20.2. The van der Waals surface area contributed by atoms with Crippen LogP contribution in [0.25, 0.3) is 0 Å². The molecule has 1 aliphatic rings. The zero-order valence-electron chi connectivity index (χ0n) is 17.1. The second-order valence-electron chi connectivity index (χ2n) is 7.15. The van der Waals surface area contributed by atoms with Crippen molar-refractivity contribution >= 4 is 5.91 Å². The maximum atomic E-state index is 12.9. The number of carbonyl (C=O) groups excluding carboxylic acids is 1. The lowest BCUT2D eigenvalue weighted by Gasteiger charge is -2.38. The van der Waals surface area contributed by atoms with Crippen molar-refractivity contribution in [1.29, 1.82) is 0 Å². The normalized spacial score (nSPS) is 16.6. The van der Waals surface area contributed by atoms with E-state index in [9.17, 15) is 4.79 Å². The molecule has 7 heteroatoms. The number of nitrogens with one attached hydrogen (secondary N) is 1. The predicted molar refractivity (Wildman–Crippen MR) is 109 cm³/mol. The van der Waals surface area contributed by atoms with Crippen LogP contribution in [0, 0.1) is 0 Å². The van der Waals surface area contributed by atoms with Crippen LogP contribution in [-0.4, -0.2) is 74.3 Å². The standard InChI is InChI=1S/C21H30N4O3/c1-23-11-13-25(14-12-23)18(17-8-6-10-24(17)2)15-22-21(26)16-7-5-9-19(27-3)20(16)28-4/h5-10,18H,11-15H2,1-4H3,(H,22,26). The first-order chi connectivity index (χ1) is 13.5. The van der Waals surface area contributed by atoms with E-state index >= 15 is 0 Å². The van der Waals surface area contributed by atoms with Gasteiger partial charge in [-0.25, -0.2) is 0 Å². The third-order valence-corrected chi connectivity index (χ3v) is 5.41. The Morgan fingerprint density at radius 1 is 1.07 bits per heavy atom. The van der Waals surface area contributed by atoms with Crippen molar-refractivity contribution in [1.82, 2.24) is 19.7 Å². The Kier molecular flexibility index (Phi) is 6.59. The maximum absolute atomic E-state index is 12.9. The summed E-state index contributed by atoms with van der Waals surface area (Å²) >= 11 is 0. The number of hydrogen-bond acceptors (Lipinski definition) is 5. The van der Waals surface area contributed by atoms with Gasteiger partial charge in [0, 0.05) is 51.7 Å². The van der Waals surface area contributed by atoms with Crippen LogP contribution in [0.4, 0.5) is 0 Å². The van der Waals surface area contributed by atoms with Crippen molar-refractivity contribution in [3.8, 4) is 11.5 Å². The lowest BCUT2D eigenvalue weighted by molar-refractivity contribution is 0.0874. The molecule has 1 amide bonds. The molecule has 1 atom stereocenters. The molecule has 1 unspecified atom stereocenters. The van der Waals surface area contributed by atoms with Gasteiger partial charge in [0.15, 0.2) is 11.5 Å². The minimum absolute atomic E-state index is 0.120. The number of aromatic nitrogens is 1. The minimum atomic E-state index is -0.163. The number of piperazine rings is 1. The third kappa shape index (κ3) is 4.31. The molecule has 1 N–H and O–H groups in total. The average Bonchev–Trinajstić information content (AvgIpc) is 3.14. The second kappa shape index (κ2) is 9.12. The highest BCUT2D eigenvalue weighted by atomic mass is 16.5. The Morgan fingerprint density at radius 2 is 1.82 bits per heavy atom. The Balaban J connectivity index is 1.77. The van der Waals surface area contributed by atoms with Crippen molar-refractivity contribution in [3.05, 3.63) is 47.8 Å². The molecule has 0 spiro atoms. The number of ether oxygens (including phenoxy) is 2. The summed E-state index contributed by atoms with van der Waals surface area (Å²) in [5.74, 6) is 0.842. The monoisotopic (exact) mass is 386 g/mol. The molecule has 0 saturated carbocycles. The van der Waals surface area contributed by atoms with Gasteiger partial charge in [0.2, 0.25) is 0 Å². The summed E-state index contributed by atoms with van der Waals surface area (Å²) in [4.78, 5) is 17.7. The van der Waals surface area contributed by atoms with E-state index < -0.39 is 0 Å². The van der Waals surface area contributed by atoms with Gasteiger partial charge in [0.1, 0.15) is 0 Å². The van der Waals surface area contributed by atoms with Crippen LogP contribution >= 0.6 is 0 Å². The van der Waals surface area contributed by atoms with Crippen LogP contribution in [0.15, 0.2) is 36.5 Å². The summed E-state index contributed by atoms with van der Waals surface area (Å²) in [6.07, 6.45) is 2.05. The molecule has 0 aliphatic carbocycles. The number of carbonyl (C=O) groups is 1. The van der Waals surface area contributed by atoms with Gasteiger partial charge in [-0.15, -0.1) is 0 Å². The number of aryl methyl sites for hydroxylation is 1. The lowest BCUT2D eigenvalue weighted by atomic mass is 10.1. The van der Waals surface area contributed by atoms with Crippen molar-refractivity contribution in [3.63, 3.8) is 0 Å². The SMILES string of the molecule is COc1cccc(C(=O)NCC(c2cccn2C)N2CCN(C)CC2)c1OC. The minimum Gasteiger partial charge on any atom is -0.493 e. The van der Waals surface area contributed by atoms with E-state index in [-0.39, 0.29) is 11.9 Å². The van der Waals surface area contributed by atoms with E-state index in [1.165, 1.54) is 5.69 Å². The Labute approximate surface area is 166 Å². The first-order valence-corrected chi connectivity index (χ1v) is 9.58. The molecule has 2 aromatic rings. The number of hydrogen-bond donors (Lipinski definition) is 1. The first-order valence-electron chi connectivity index (χ1n) is 9.58. The average molecular weight is 386 g/mol. The van der Waals surface area contributed by atoms with Gasteiger partial charge in [-0.3, -0.25) is 9.69 Å². The molecule has 0 radical (unpaired) electrons. The molecule has 28 heavy (non-hydrogen) atoms. The van der Waals surface area contributed by atoms with Crippen LogP contribution in [0.2, 0.25) is 0 Å². The smallest absolute Gasteiger partial charge is 0.255 e. The number of nitrogens with zero attached hydrogens (tertiary/aromatic N) is 3. The molecule has 2 heterocycles. The van der Waals surface area contributed by atoms with Gasteiger partial charge in [-0.1, -0.05) is 6.07 Å². The number of rotatable bonds is 7. The number of likely N-dealkylation sites (N-methyl/N-ethyl adjacent to an activating group) is 1. The van der Waals surface area contributed by atoms with E-state index in [0.29, 0.717) is 23.6 Å². The fourth-order valence-corrected chi connectivity index (χ4v) is 3.73. The largest absolute Gasteiger partial charge is 0.493 e. The summed E-state index contributed by atoms with van der Waals surface area (Å²) in [5.41, 5.74) is 1.67. The molecule has 3 rings (SSSR count). The van der Waals surface area contributed by atoms with Crippen molar-refractivity contribution in [2.75, 3.05) is 54.0 Å². The molecular weight excluding hydrogens is 356 g/mol. The van der Waals surface area contributed by atoms with Gasteiger partial charge in [0.25, 0.3) is 5.91 Å². The van der Waals surface area contributed by atoms with E-state index in [2.05, 4.69) is 32.8 Å². The van der Waals surface area contributed by atoms with E-state index in [1.54, 1.807) is 32.4 Å². The predicted octanol–water partition coefficient (Wildman–Crippen LogP) is 1.76. The molecule has 0 bridgehead atoms. The van der Waals surface area contributed by atoms with Gasteiger partial charge in [-0.05, 0) is 31.3 Å². The Bertz CT molecular complexity index is 797. The molecule has 152 valence electrons. The number of methoxy groups -OCH3 is 2. The molecule has 7 nitrogen and oxygen atoms in total. The maximum Gasteiger partial charge on any atom is 0.255 e. The molecular formula is C21H30N4O3. The van der Waals surface area contributed by atoms with Gasteiger partial charge in [0.05, 0.1) is 25.8 Å². The van der Waals surface area contributed by atoms with Crippen molar-refractivity contribution < 1.29 is 14.3 Å². The topological polar surface area (TPSA) is 59.0 Å². The fraction of sp³-hybridized carbons (Fsp3) is 0.476. The van der Waals surface area contributed by atoms with Crippen LogP contribution in [0.3, 0.4) is 0 Å². The molecule has 1 saturated heterocycles. The summed E-state index contributed by atoms with van der Waals surface area (Å²) in [6.45, 7) is 4.54. The quantitative estimate of drug-likeness (QED) is 0.786. The van der Waals surface area contributed by atoms with Gasteiger partial charge in [-0.2, -0.15) is 0 Å². The zero-order chi connectivity index (χ0) is 20.1. The van der Waals surface area contributed by atoms with Crippen LogP contribution < -0.4 is 14.8 Å². The summed E-state index contributed by atoms with van der Waals surface area (Å²) < 4.78 is 12.8. The van der Waals surface area contributed by atoms with E-state index in [4.69, 9.17) is 9.47 Å². The van der Waals surface area contributed by atoms with Crippen LogP contribution in [0.1, 0.15) is 22.1 Å². The molecule has 1 aromatic heterocycles. The number of benzene rings is 1. The molecule has 1 aliphatic heterocycles. The second-order valence-corrected chi connectivity index (χ2v) is 7.15. The van der Waals surface area contributed by atoms with Crippen LogP contribution in [-0.2, 0) is 7.05 Å². The third-order valence-electron chi connectivity index (χ3n) is 5.41. The van der Waals surface area contributed by atoms with E-state index in [0.717, 1.165) is 26.2 Å². The molecule has 1 fully saturated rings. The van der Waals surface area contributed by atoms with Gasteiger partial charge < -0.3 is 24.3 Å². The van der Waals surface area contributed by atoms with Crippen molar-refractivity contribution in [2.24, 2.45) is 7.05 Å². The summed E-state index contributed by atoms with van der Waals surface area (Å²) in [7, 11) is 7.31. The fourth-order valence-electron chi connectivity index (χ4n) is 3.73. The van der Waals surface area contributed by atoms with E-state index in [1.807, 2.05) is 19.3 Å². The summed E-state index contributed by atoms with van der Waals surface area (Å²) in [6, 6.07) is 9.63. The highest BCUT2D eigenvalue weighted by molar-refractivity contribution is 5.97. The summed E-state index contributed by atoms with van der Waals surface area (Å²) in [5, 5.41) is 3.11. The lowest BCUT2D eigenvalue weighted by Crippen LogP contribution is -2.48. The highest BCUT2D eigenvalue weighted by Gasteiger charge is 2.26. The number of amides is 1. The van der Waals surface area contributed by atoms with Crippen molar-refractivity contribution in [2.45, 2.75) is 6.04 Å². The number of para-hydroxylation sites is 1. The molecule has 1 aromatic carbocycles. The Hall–Kier alpha value is -2.51. The Morgan fingerprint density at radius 3 is 2.43 bits per heavy atom. The zero-order valence-corrected chi connectivity index (χ0v) is 17.1. The van der Waals surface area contributed by atoms with Gasteiger partial charge >= 0.3 is 0 Å².